The number of carbonyl (C=O) groups excluding carboxylic acids is 1. The van der Waals surface area contributed by atoms with Crippen molar-refractivity contribution in [3.05, 3.63) is 10.6 Å². The van der Waals surface area contributed by atoms with E-state index in [2.05, 4.69) is 22.5 Å². The molecule has 1 aromatic heterocycles. The first-order valence-corrected chi connectivity index (χ1v) is 7.03. The Kier molecular flexibility index (Phi) is 4.12. The lowest BCUT2D eigenvalue weighted by atomic mass is 10.0. The number of aromatic nitrogens is 1. The highest BCUT2D eigenvalue weighted by atomic mass is 32.1. The van der Waals surface area contributed by atoms with E-state index in [0.717, 1.165) is 36.6 Å². The molecule has 4 nitrogen and oxygen atoms in total. The van der Waals surface area contributed by atoms with Gasteiger partial charge in [-0.2, -0.15) is 0 Å². The summed E-state index contributed by atoms with van der Waals surface area (Å²) in [4.78, 5) is 17.6. The molecule has 5 heteroatoms. The molecule has 1 aliphatic rings. The fourth-order valence-corrected chi connectivity index (χ4v) is 2.98. The minimum atomic E-state index is -0.0435. The first-order chi connectivity index (χ1) is 8.20. The second kappa shape index (κ2) is 5.60. The van der Waals surface area contributed by atoms with E-state index in [0.29, 0.717) is 0 Å². The van der Waals surface area contributed by atoms with Crippen molar-refractivity contribution in [2.75, 3.05) is 11.9 Å². The molecule has 0 saturated carbocycles. The van der Waals surface area contributed by atoms with E-state index >= 15 is 0 Å². The SMILES string of the molecule is CCc1nc(NC(=O)[C@@H]2CCCCN2)sc1C. The van der Waals surface area contributed by atoms with Gasteiger partial charge in [-0.3, -0.25) is 4.79 Å². The number of piperidine rings is 1. The zero-order chi connectivity index (χ0) is 12.3. The van der Waals surface area contributed by atoms with Gasteiger partial charge >= 0.3 is 0 Å². The van der Waals surface area contributed by atoms with Crippen molar-refractivity contribution >= 4 is 22.4 Å². The van der Waals surface area contributed by atoms with Gasteiger partial charge in [0.1, 0.15) is 0 Å². The Morgan fingerprint density at radius 1 is 1.59 bits per heavy atom. The highest BCUT2D eigenvalue weighted by Gasteiger charge is 2.21. The molecule has 2 N–H and O–H groups in total. The number of hydrogen-bond acceptors (Lipinski definition) is 4. The minimum Gasteiger partial charge on any atom is -0.306 e. The molecule has 2 rings (SSSR count). The second-order valence-electron chi connectivity index (χ2n) is 4.37. The maximum absolute atomic E-state index is 12.0. The lowest BCUT2D eigenvalue weighted by Gasteiger charge is -2.21. The van der Waals surface area contributed by atoms with E-state index in [1.54, 1.807) is 11.3 Å². The Hall–Kier alpha value is -0.940. The van der Waals surface area contributed by atoms with Gasteiger partial charge in [0, 0.05) is 4.88 Å². The lowest BCUT2D eigenvalue weighted by Crippen LogP contribution is -2.43. The third-order valence-corrected chi connectivity index (χ3v) is 4.01. The summed E-state index contributed by atoms with van der Waals surface area (Å²) in [6.07, 6.45) is 4.14. The van der Waals surface area contributed by atoms with Crippen molar-refractivity contribution in [3.63, 3.8) is 0 Å². The topological polar surface area (TPSA) is 54.0 Å². The molecule has 1 aromatic rings. The molecule has 0 aromatic carbocycles. The summed E-state index contributed by atoms with van der Waals surface area (Å²) in [5.41, 5.74) is 1.09. The predicted octanol–water partition coefficient (Wildman–Crippen LogP) is 2.09. The first-order valence-electron chi connectivity index (χ1n) is 6.21. The van der Waals surface area contributed by atoms with E-state index in [-0.39, 0.29) is 11.9 Å². The summed E-state index contributed by atoms with van der Waals surface area (Å²) in [6.45, 7) is 5.07. The smallest absolute Gasteiger partial charge is 0.243 e. The van der Waals surface area contributed by atoms with Crippen LogP contribution in [-0.4, -0.2) is 23.5 Å². The quantitative estimate of drug-likeness (QED) is 0.867. The van der Waals surface area contributed by atoms with Gasteiger partial charge in [-0.1, -0.05) is 13.3 Å². The number of carbonyl (C=O) groups is 1. The standard InChI is InChI=1S/C12H19N3OS/c1-3-9-8(2)17-12(14-9)15-11(16)10-6-4-5-7-13-10/h10,13H,3-7H2,1-2H3,(H,14,15,16)/t10-/m0/s1. The number of thiazole rings is 1. The predicted molar refractivity (Wildman–Crippen MR) is 70.5 cm³/mol. The van der Waals surface area contributed by atoms with Gasteiger partial charge in [0.05, 0.1) is 11.7 Å². The summed E-state index contributed by atoms with van der Waals surface area (Å²) in [7, 11) is 0. The van der Waals surface area contributed by atoms with E-state index in [1.807, 2.05) is 6.92 Å². The Labute approximate surface area is 106 Å². The highest BCUT2D eigenvalue weighted by molar-refractivity contribution is 7.15. The number of rotatable bonds is 3. The number of nitrogens with one attached hydrogen (secondary N) is 2. The number of anilines is 1. The summed E-state index contributed by atoms with van der Waals surface area (Å²) >= 11 is 1.56. The molecule has 0 unspecified atom stereocenters. The van der Waals surface area contributed by atoms with E-state index in [9.17, 15) is 4.79 Å². The summed E-state index contributed by atoms with van der Waals surface area (Å²) < 4.78 is 0. The molecule has 1 aliphatic heterocycles. The number of amides is 1. The second-order valence-corrected chi connectivity index (χ2v) is 5.57. The van der Waals surface area contributed by atoms with Crippen LogP contribution >= 0.6 is 11.3 Å². The van der Waals surface area contributed by atoms with Crippen LogP contribution in [-0.2, 0) is 11.2 Å². The fourth-order valence-electron chi connectivity index (χ4n) is 2.08. The van der Waals surface area contributed by atoms with E-state index in [1.165, 1.54) is 11.3 Å². The molecule has 94 valence electrons. The number of aryl methyl sites for hydroxylation is 2. The Balaban J connectivity index is 1.97. The zero-order valence-corrected chi connectivity index (χ0v) is 11.2. The molecular weight excluding hydrogens is 234 g/mol. The van der Waals surface area contributed by atoms with Crippen LogP contribution in [0.5, 0.6) is 0 Å². The summed E-state index contributed by atoms with van der Waals surface area (Å²) in [6, 6.07) is -0.0435. The van der Waals surface area contributed by atoms with Gasteiger partial charge in [0.2, 0.25) is 5.91 Å². The monoisotopic (exact) mass is 253 g/mol. The largest absolute Gasteiger partial charge is 0.306 e. The molecule has 0 radical (unpaired) electrons. The van der Waals surface area contributed by atoms with Crippen LogP contribution in [0.1, 0.15) is 36.8 Å². The molecule has 0 bridgehead atoms. The van der Waals surface area contributed by atoms with Crippen LogP contribution in [0, 0.1) is 6.92 Å². The van der Waals surface area contributed by atoms with Gasteiger partial charge in [0.25, 0.3) is 0 Å². The third-order valence-electron chi connectivity index (χ3n) is 3.08. The van der Waals surface area contributed by atoms with Crippen LogP contribution in [0.25, 0.3) is 0 Å². The highest BCUT2D eigenvalue weighted by Crippen LogP contribution is 2.22. The maximum Gasteiger partial charge on any atom is 0.243 e. The van der Waals surface area contributed by atoms with Crippen LogP contribution in [0.3, 0.4) is 0 Å². The lowest BCUT2D eigenvalue weighted by molar-refractivity contribution is -0.118. The van der Waals surface area contributed by atoms with Gasteiger partial charge in [-0.25, -0.2) is 4.98 Å². The third kappa shape index (κ3) is 3.04. The molecule has 0 spiro atoms. The molecule has 1 amide bonds. The van der Waals surface area contributed by atoms with Crippen molar-refractivity contribution in [3.8, 4) is 0 Å². The molecule has 17 heavy (non-hydrogen) atoms. The van der Waals surface area contributed by atoms with Crippen molar-refractivity contribution in [1.29, 1.82) is 0 Å². The van der Waals surface area contributed by atoms with Gasteiger partial charge in [0.15, 0.2) is 5.13 Å². The van der Waals surface area contributed by atoms with E-state index < -0.39 is 0 Å². The summed E-state index contributed by atoms with van der Waals surface area (Å²) in [5.74, 6) is 0.0566. The first kappa shape index (κ1) is 12.5. The summed E-state index contributed by atoms with van der Waals surface area (Å²) in [5, 5.41) is 6.89. The molecule has 1 fully saturated rings. The molecule has 0 aliphatic carbocycles. The van der Waals surface area contributed by atoms with Crippen LogP contribution in [0.4, 0.5) is 5.13 Å². The van der Waals surface area contributed by atoms with Gasteiger partial charge in [-0.05, 0) is 32.7 Å². The van der Waals surface area contributed by atoms with Crippen molar-refractivity contribution in [2.24, 2.45) is 0 Å². The number of nitrogens with zero attached hydrogens (tertiary/aromatic N) is 1. The molecule has 2 heterocycles. The maximum atomic E-state index is 12.0. The number of hydrogen-bond donors (Lipinski definition) is 2. The van der Waals surface area contributed by atoms with Gasteiger partial charge < -0.3 is 10.6 Å². The van der Waals surface area contributed by atoms with Crippen molar-refractivity contribution in [2.45, 2.75) is 45.6 Å². The van der Waals surface area contributed by atoms with Crippen molar-refractivity contribution in [1.82, 2.24) is 10.3 Å². The molecule has 1 saturated heterocycles. The molecular formula is C12H19N3OS. The van der Waals surface area contributed by atoms with Crippen LogP contribution in [0.2, 0.25) is 0 Å². The Morgan fingerprint density at radius 2 is 2.41 bits per heavy atom. The average molecular weight is 253 g/mol. The molecule has 1 atom stereocenters. The van der Waals surface area contributed by atoms with Gasteiger partial charge in [-0.15, -0.1) is 11.3 Å². The van der Waals surface area contributed by atoms with Crippen LogP contribution in [0.15, 0.2) is 0 Å². The normalized spacial score (nSPS) is 20.2. The van der Waals surface area contributed by atoms with E-state index in [4.69, 9.17) is 0 Å². The van der Waals surface area contributed by atoms with Crippen LogP contribution < -0.4 is 10.6 Å². The van der Waals surface area contributed by atoms with Crippen molar-refractivity contribution < 1.29 is 4.79 Å². The minimum absolute atomic E-state index is 0.0435. The average Bonchev–Trinajstić information content (AvgIpc) is 2.70. The Morgan fingerprint density at radius 3 is 3.00 bits per heavy atom. The fraction of sp³-hybridized carbons (Fsp3) is 0.667. The zero-order valence-electron chi connectivity index (χ0n) is 10.4. The Bertz CT molecular complexity index is 396.